The van der Waals surface area contributed by atoms with Crippen molar-refractivity contribution in [1.82, 2.24) is 0 Å². The summed E-state index contributed by atoms with van der Waals surface area (Å²) in [7, 11) is -4.26. The van der Waals surface area contributed by atoms with Crippen LogP contribution >= 0.6 is 14.8 Å². The summed E-state index contributed by atoms with van der Waals surface area (Å²) in [5, 5.41) is 0. The molecule has 0 aliphatic rings. The highest BCUT2D eigenvalue weighted by Crippen LogP contribution is 2.10. The summed E-state index contributed by atoms with van der Waals surface area (Å²) < 4.78 is 40.8. The van der Waals surface area contributed by atoms with Crippen molar-refractivity contribution in [2.45, 2.75) is 5.76 Å². The molecule has 0 aliphatic heterocycles. The van der Waals surface area contributed by atoms with Gasteiger partial charge in [0.05, 0.1) is 14.8 Å². The summed E-state index contributed by atoms with van der Waals surface area (Å²) in [6.45, 7) is 0. The summed E-state index contributed by atoms with van der Waals surface area (Å²) in [5.74, 6) is -3.31. The largest absolute Gasteiger partial charge is 0.346 e. The summed E-state index contributed by atoms with van der Waals surface area (Å²) in [6, 6.07) is 0. The van der Waals surface area contributed by atoms with Gasteiger partial charge in [0.25, 0.3) is 8.27 Å². The lowest BCUT2D eigenvalue weighted by atomic mass is 11.7. The molecule has 6 heteroatoms. The molecule has 0 aromatic heterocycles. The lowest BCUT2D eigenvalue weighted by molar-refractivity contribution is 0.239. The van der Waals surface area contributed by atoms with Crippen molar-refractivity contribution in [1.29, 1.82) is 0 Å². The number of hydrogen-bond donors (Lipinski definition) is 0. The summed E-state index contributed by atoms with van der Waals surface area (Å²) in [5.41, 5.74) is 0. The third kappa shape index (κ3) is 2.93. The van der Waals surface area contributed by atoms with Crippen LogP contribution in [0.25, 0.3) is 0 Å². The average Bonchev–Trinajstić information content (AvgIpc) is 1.31. The maximum Gasteiger partial charge on any atom is 0.346 e. The predicted molar refractivity (Wildman–Crippen MR) is 23.9 cm³/mol. The Hall–Kier alpha value is 0.290. The van der Waals surface area contributed by atoms with E-state index in [0.717, 1.165) is 0 Å². The smallest absolute Gasteiger partial charge is 0.211 e. The second kappa shape index (κ2) is 2.04. The van der Waals surface area contributed by atoms with Gasteiger partial charge in [-0.25, -0.2) is 8.42 Å². The maximum atomic E-state index is 10.9. The highest BCUT2D eigenvalue weighted by molar-refractivity contribution is 9.47. The van der Waals surface area contributed by atoms with Gasteiger partial charge in [0.1, 0.15) is 0 Å². The Bertz CT molecular complexity index is 138. The molecule has 0 aromatic rings. The molecule has 7 heavy (non-hydrogen) atoms. The molecule has 0 rings (SSSR count). The van der Waals surface area contributed by atoms with Gasteiger partial charge in [-0.15, -0.1) is 0 Å². The molecule has 0 bridgehead atoms. The van der Waals surface area contributed by atoms with E-state index in [2.05, 4.69) is 0 Å². The first-order valence-electron chi connectivity index (χ1n) is 1.16. The van der Waals surface area contributed by atoms with Gasteiger partial charge in [-0.2, -0.15) is 8.78 Å². The van der Waals surface area contributed by atoms with Gasteiger partial charge < -0.3 is 0 Å². The van der Waals surface area contributed by atoms with Crippen LogP contribution in [0.15, 0.2) is 0 Å². The molecule has 0 radical (unpaired) electrons. The van der Waals surface area contributed by atoms with E-state index in [-0.39, 0.29) is 0 Å². The number of rotatable bonds is 1. The molecule has 0 unspecified atom stereocenters. The Morgan fingerprint density at radius 1 is 1.43 bits per heavy atom. The van der Waals surface area contributed by atoms with E-state index < -0.39 is 14.0 Å². The third-order valence-corrected chi connectivity index (χ3v) is 1.49. The lowest BCUT2D eigenvalue weighted by Gasteiger charge is -1.86. The van der Waals surface area contributed by atoms with Gasteiger partial charge in [-0.05, 0) is 0 Å². The molecule has 0 aromatic carbocycles. The average molecular weight is 195 g/mol. The summed E-state index contributed by atoms with van der Waals surface area (Å²) >= 11 is 1.77. The molecule has 0 saturated heterocycles. The van der Waals surface area contributed by atoms with E-state index in [1.165, 1.54) is 0 Å². The fourth-order valence-corrected chi connectivity index (χ4v) is 0. The van der Waals surface area contributed by atoms with Crippen molar-refractivity contribution in [2.24, 2.45) is 0 Å². The minimum Gasteiger partial charge on any atom is -0.211 e. The molecule has 2 nitrogen and oxygen atoms in total. The molecular formula is CHBrF2O2S. The number of alkyl halides is 2. The number of hydrogen-bond acceptors (Lipinski definition) is 2. The van der Waals surface area contributed by atoms with Crippen molar-refractivity contribution in [3.8, 4) is 0 Å². The first-order valence-corrected chi connectivity index (χ1v) is 4.55. The van der Waals surface area contributed by atoms with Crippen molar-refractivity contribution in [3.63, 3.8) is 0 Å². The second-order valence-corrected chi connectivity index (χ2v) is 4.75. The molecule has 0 N–H and O–H groups in total. The van der Waals surface area contributed by atoms with Crippen LogP contribution in [0.3, 0.4) is 0 Å². The Balaban J connectivity index is 4.10. The summed E-state index contributed by atoms with van der Waals surface area (Å²) in [4.78, 5) is 0. The SMILES string of the molecule is O=S(=O)(Br)C(F)F. The van der Waals surface area contributed by atoms with E-state index in [1.807, 2.05) is 0 Å². The molecule has 0 spiro atoms. The van der Waals surface area contributed by atoms with E-state index >= 15 is 0 Å². The van der Waals surface area contributed by atoms with E-state index in [1.54, 1.807) is 14.8 Å². The van der Waals surface area contributed by atoms with Gasteiger partial charge in [0.2, 0.25) is 0 Å². The van der Waals surface area contributed by atoms with Crippen LogP contribution in [0.4, 0.5) is 8.78 Å². The molecule has 0 heterocycles. The standard InChI is InChI=1S/CHBrF2O2S/c2-7(5,6)1(3)4/h1H. The highest BCUT2D eigenvalue weighted by Gasteiger charge is 2.18. The van der Waals surface area contributed by atoms with Crippen molar-refractivity contribution in [2.75, 3.05) is 0 Å². The molecular weight excluding hydrogens is 194 g/mol. The normalized spacial score (nSPS) is 12.6. The van der Waals surface area contributed by atoms with Gasteiger partial charge >= 0.3 is 5.76 Å². The third-order valence-electron chi connectivity index (χ3n) is 0.213. The minimum absolute atomic E-state index is 1.77. The Labute approximate surface area is 46.6 Å². The Kier molecular flexibility index (Phi) is 2.12. The molecule has 44 valence electrons. The van der Waals surface area contributed by atoms with Gasteiger partial charge in [0.15, 0.2) is 0 Å². The van der Waals surface area contributed by atoms with E-state index in [0.29, 0.717) is 0 Å². The molecule has 0 amide bonds. The zero-order chi connectivity index (χ0) is 6.08. The fourth-order valence-electron chi connectivity index (χ4n) is 0. The quantitative estimate of drug-likeness (QED) is 0.583. The predicted octanol–water partition coefficient (Wildman–Crippen LogP) is 0.934. The molecule has 0 fully saturated rings. The van der Waals surface area contributed by atoms with Crippen molar-refractivity contribution >= 4 is 23.1 Å². The van der Waals surface area contributed by atoms with E-state index in [4.69, 9.17) is 0 Å². The lowest BCUT2D eigenvalue weighted by Crippen LogP contribution is -1.99. The van der Waals surface area contributed by atoms with Crippen LogP contribution in [-0.2, 0) is 8.27 Å². The van der Waals surface area contributed by atoms with Crippen LogP contribution in [0.2, 0.25) is 0 Å². The minimum atomic E-state index is -4.26. The van der Waals surface area contributed by atoms with E-state index in [9.17, 15) is 17.2 Å². The maximum absolute atomic E-state index is 10.9. The first kappa shape index (κ1) is 7.29. The van der Waals surface area contributed by atoms with Gasteiger partial charge in [-0.1, -0.05) is 0 Å². The second-order valence-electron chi connectivity index (χ2n) is 0.736. The highest BCUT2D eigenvalue weighted by atomic mass is 79.9. The van der Waals surface area contributed by atoms with Crippen molar-refractivity contribution in [3.05, 3.63) is 0 Å². The Morgan fingerprint density at radius 2 is 1.57 bits per heavy atom. The zero-order valence-corrected chi connectivity index (χ0v) is 5.34. The van der Waals surface area contributed by atoms with Gasteiger partial charge in [-0.3, -0.25) is 0 Å². The number of halogens is 3. The topological polar surface area (TPSA) is 34.1 Å². The van der Waals surface area contributed by atoms with Crippen molar-refractivity contribution < 1.29 is 17.2 Å². The summed E-state index contributed by atoms with van der Waals surface area (Å²) in [6.07, 6.45) is 0. The van der Waals surface area contributed by atoms with Crippen LogP contribution in [0.1, 0.15) is 0 Å². The molecule has 0 saturated carbocycles. The Morgan fingerprint density at radius 3 is 1.57 bits per heavy atom. The monoisotopic (exact) mass is 194 g/mol. The van der Waals surface area contributed by atoms with Crippen LogP contribution in [-0.4, -0.2) is 14.2 Å². The zero-order valence-electron chi connectivity index (χ0n) is 2.94. The van der Waals surface area contributed by atoms with Crippen LogP contribution in [0, 0.1) is 0 Å². The molecule has 0 aliphatic carbocycles. The fraction of sp³-hybridized carbons (Fsp3) is 1.00. The van der Waals surface area contributed by atoms with Crippen LogP contribution in [0.5, 0.6) is 0 Å². The van der Waals surface area contributed by atoms with Gasteiger partial charge in [0, 0.05) is 0 Å². The first-order chi connectivity index (χ1) is 2.94. The molecule has 0 atom stereocenters. The van der Waals surface area contributed by atoms with Crippen LogP contribution < -0.4 is 0 Å².